The predicted octanol–water partition coefficient (Wildman–Crippen LogP) is 3.25. The van der Waals surface area contributed by atoms with Crippen LogP contribution in [0.3, 0.4) is 0 Å². The highest BCUT2D eigenvalue weighted by Crippen LogP contribution is 2.41. The molecule has 5 heteroatoms. The molecule has 0 saturated heterocycles. The lowest BCUT2D eigenvalue weighted by Gasteiger charge is -2.19. The van der Waals surface area contributed by atoms with E-state index in [4.69, 9.17) is 10.00 Å². The summed E-state index contributed by atoms with van der Waals surface area (Å²) in [6.45, 7) is 0.175. The van der Waals surface area contributed by atoms with Crippen molar-refractivity contribution in [1.29, 1.82) is 5.26 Å². The molecule has 0 bridgehead atoms. The Bertz CT molecular complexity index is 776. The molecule has 1 unspecified atom stereocenters. The van der Waals surface area contributed by atoms with E-state index in [2.05, 4.69) is 16.7 Å². The minimum Gasteiger partial charge on any atom is -0.497 e. The molecule has 1 aliphatic carbocycles. The third kappa shape index (κ3) is 4.51. The number of ether oxygens (including phenoxy) is 1. The van der Waals surface area contributed by atoms with Gasteiger partial charge in [-0.2, -0.15) is 5.26 Å². The number of methoxy groups -OCH3 is 1. The lowest BCUT2D eigenvalue weighted by atomic mass is 10.0. The topological polar surface area (TPSA) is 74.2 Å². The van der Waals surface area contributed by atoms with Crippen LogP contribution in [-0.4, -0.2) is 19.6 Å². The van der Waals surface area contributed by atoms with Gasteiger partial charge in [0, 0.05) is 5.69 Å². The van der Waals surface area contributed by atoms with Gasteiger partial charge in [0.05, 0.1) is 31.3 Å². The molecule has 5 nitrogen and oxygen atoms in total. The van der Waals surface area contributed by atoms with Crippen LogP contribution in [0.1, 0.15) is 30.0 Å². The highest BCUT2D eigenvalue weighted by atomic mass is 16.5. The number of carbonyl (C=O) groups excluding carboxylic acids is 1. The monoisotopic (exact) mass is 335 g/mol. The number of rotatable bonds is 7. The van der Waals surface area contributed by atoms with Crippen LogP contribution in [0.2, 0.25) is 0 Å². The third-order valence-corrected chi connectivity index (χ3v) is 4.33. The van der Waals surface area contributed by atoms with E-state index in [0.717, 1.165) is 29.8 Å². The number of benzene rings is 2. The van der Waals surface area contributed by atoms with Crippen LogP contribution in [0.5, 0.6) is 5.75 Å². The van der Waals surface area contributed by atoms with Crippen LogP contribution in [0, 0.1) is 17.2 Å². The van der Waals surface area contributed by atoms with Gasteiger partial charge in [-0.25, -0.2) is 0 Å². The molecule has 3 rings (SSSR count). The summed E-state index contributed by atoms with van der Waals surface area (Å²) in [5.41, 5.74) is 2.43. The molecule has 1 fully saturated rings. The Hall–Kier alpha value is -3.00. The van der Waals surface area contributed by atoms with Crippen molar-refractivity contribution in [3.63, 3.8) is 0 Å². The zero-order valence-corrected chi connectivity index (χ0v) is 14.2. The fraction of sp³-hybridized carbons (Fsp3) is 0.300. The van der Waals surface area contributed by atoms with E-state index in [-0.39, 0.29) is 18.5 Å². The molecule has 2 aromatic carbocycles. The van der Waals surface area contributed by atoms with Crippen molar-refractivity contribution >= 4 is 11.6 Å². The van der Waals surface area contributed by atoms with Crippen molar-refractivity contribution in [3.05, 3.63) is 59.7 Å². The molecule has 2 aromatic rings. The van der Waals surface area contributed by atoms with Crippen LogP contribution in [0.25, 0.3) is 0 Å². The average molecular weight is 335 g/mol. The number of amides is 1. The molecule has 1 saturated carbocycles. The van der Waals surface area contributed by atoms with Crippen molar-refractivity contribution in [2.24, 2.45) is 5.92 Å². The van der Waals surface area contributed by atoms with Crippen molar-refractivity contribution in [3.8, 4) is 11.8 Å². The standard InChI is InChI=1S/C20H21N3O2/c1-25-18-9-7-16(8-10-18)20(15-5-6-15)23-19(24)13-22-17-4-2-3-14(11-17)12-21/h2-4,7-11,15,20,22H,5-6,13H2,1H3,(H,23,24). The average Bonchev–Trinajstić information content (AvgIpc) is 3.50. The molecule has 1 atom stereocenters. The Morgan fingerprint density at radius 2 is 2.04 bits per heavy atom. The molecular weight excluding hydrogens is 314 g/mol. The summed E-state index contributed by atoms with van der Waals surface area (Å²) in [6.07, 6.45) is 2.27. The number of hydrogen-bond donors (Lipinski definition) is 2. The molecule has 0 aliphatic heterocycles. The molecule has 0 spiro atoms. The summed E-state index contributed by atoms with van der Waals surface area (Å²) in [5, 5.41) is 15.1. The Morgan fingerprint density at radius 3 is 2.68 bits per heavy atom. The van der Waals surface area contributed by atoms with Gasteiger partial charge in [0.1, 0.15) is 5.75 Å². The quantitative estimate of drug-likeness (QED) is 0.814. The van der Waals surface area contributed by atoms with Crippen LogP contribution >= 0.6 is 0 Å². The van der Waals surface area contributed by atoms with Crippen LogP contribution in [0.15, 0.2) is 48.5 Å². The van der Waals surface area contributed by atoms with E-state index in [1.807, 2.05) is 30.3 Å². The SMILES string of the molecule is COc1ccc(C(NC(=O)CNc2cccc(C#N)c2)C2CC2)cc1. The van der Waals surface area contributed by atoms with Gasteiger partial charge in [0.2, 0.25) is 5.91 Å². The van der Waals surface area contributed by atoms with Gasteiger partial charge >= 0.3 is 0 Å². The minimum atomic E-state index is -0.0601. The minimum absolute atomic E-state index is 0.0330. The summed E-state index contributed by atoms with van der Waals surface area (Å²) in [5.74, 6) is 1.25. The number of anilines is 1. The first-order chi connectivity index (χ1) is 12.2. The fourth-order valence-corrected chi connectivity index (χ4v) is 2.82. The van der Waals surface area contributed by atoms with E-state index in [1.165, 1.54) is 0 Å². The summed E-state index contributed by atoms with van der Waals surface area (Å²) in [7, 11) is 1.64. The highest BCUT2D eigenvalue weighted by Gasteiger charge is 2.33. The Balaban J connectivity index is 1.60. The first-order valence-electron chi connectivity index (χ1n) is 8.37. The van der Waals surface area contributed by atoms with Gasteiger partial charge in [-0.3, -0.25) is 4.79 Å². The Labute approximate surface area is 147 Å². The van der Waals surface area contributed by atoms with Gasteiger partial charge in [0.25, 0.3) is 0 Å². The van der Waals surface area contributed by atoms with Gasteiger partial charge in [0.15, 0.2) is 0 Å². The second-order valence-electron chi connectivity index (χ2n) is 6.20. The molecular formula is C20H21N3O2. The van der Waals surface area contributed by atoms with E-state index >= 15 is 0 Å². The number of nitrogens with zero attached hydrogens (tertiary/aromatic N) is 1. The molecule has 0 aromatic heterocycles. The van der Waals surface area contributed by atoms with Gasteiger partial charge in [-0.1, -0.05) is 18.2 Å². The summed E-state index contributed by atoms with van der Waals surface area (Å²) in [6, 6.07) is 17.1. The zero-order chi connectivity index (χ0) is 17.6. The maximum absolute atomic E-state index is 12.3. The second-order valence-corrected chi connectivity index (χ2v) is 6.20. The van der Waals surface area contributed by atoms with Gasteiger partial charge in [-0.05, 0) is 54.7 Å². The maximum atomic E-state index is 12.3. The van der Waals surface area contributed by atoms with E-state index in [1.54, 1.807) is 25.3 Å². The van der Waals surface area contributed by atoms with Gasteiger partial charge in [-0.15, -0.1) is 0 Å². The fourth-order valence-electron chi connectivity index (χ4n) is 2.82. The molecule has 1 aliphatic rings. The Kier molecular flexibility index (Phi) is 5.20. The molecule has 0 heterocycles. The third-order valence-electron chi connectivity index (χ3n) is 4.33. The van der Waals surface area contributed by atoms with Crippen molar-refractivity contribution in [2.75, 3.05) is 19.0 Å². The smallest absolute Gasteiger partial charge is 0.239 e. The van der Waals surface area contributed by atoms with E-state index < -0.39 is 0 Å². The number of carbonyl (C=O) groups is 1. The predicted molar refractivity (Wildman–Crippen MR) is 96.2 cm³/mol. The molecule has 1 amide bonds. The summed E-state index contributed by atoms with van der Waals surface area (Å²) in [4.78, 5) is 12.3. The molecule has 2 N–H and O–H groups in total. The second kappa shape index (κ2) is 7.71. The number of hydrogen-bond acceptors (Lipinski definition) is 4. The van der Waals surface area contributed by atoms with Crippen molar-refractivity contribution < 1.29 is 9.53 Å². The van der Waals surface area contributed by atoms with Crippen LogP contribution < -0.4 is 15.4 Å². The first-order valence-corrected chi connectivity index (χ1v) is 8.37. The lowest BCUT2D eigenvalue weighted by Crippen LogP contribution is -2.34. The maximum Gasteiger partial charge on any atom is 0.239 e. The van der Waals surface area contributed by atoms with Crippen molar-refractivity contribution in [2.45, 2.75) is 18.9 Å². The lowest BCUT2D eigenvalue weighted by molar-refractivity contribution is -0.120. The van der Waals surface area contributed by atoms with Crippen LogP contribution in [-0.2, 0) is 4.79 Å². The van der Waals surface area contributed by atoms with E-state index in [0.29, 0.717) is 11.5 Å². The van der Waals surface area contributed by atoms with Crippen LogP contribution in [0.4, 0.5) is 5.69 Å². The normalized spacial score (nSPS) is 14.2. The van der Waals surface area contributed by atoms with Gasteiger partial charge < -0.3 is 15.4 Å². The van der Waals surface area contributed by atoms with Crippen molar-refractivity contribution in [1.82, 2.24) is 5.32 Å². The number of nitriles is 1. The summed E-state index contributed by atoms with van der Waals surface area (Å²) < 4.78 is 5.19. The van der Waals surface area contributed by atoms with E-state index in [9.17, 15) is 4.79 Å². The summed E-state index contributed by atoms with van der Waals surface area (Å²) >= 11 is 0. The Morgan fingerprint density at radius 1 is 1.28 bits per heavy atom. The molecule has 128 valence electrons. The highest BCUT2D eigenvalue weighted by molar-refractivity contribution is 5.81. The number of nitrogens with one attached hydrogen (secondary N) is 2. The molecule has 0 radical (unpaired) electrons. The first kappa shape index (κ1) is 16.8. The molecule has 25 heavy (non-hydrogen) atoms. The zero-order valence-electron chi connectivity index (χ0n) is 14.2. The largest absolute Gasteiger partial charge is 0.497 e.